The first-order chi connectivity index (χ1) is 5.38. The highest BCUT2D eigenvalue weighted by molar-refractivity contribution is 5.12. The van der Waals surface area contributed by atoms with Gasteiger partial charge in [0.25, 0.3) is 0 Å². The number of hydrogen-bond donors (Lipinski definition) is 1. The summed E-state index contributed by atoms with van der Waals surface area (Å²) in [5, 5.41) is 8.73. The van der Waals surface area contributed by atoms with Crippen LogP contribution >= 0.6 is 0 Å². The zero-order valence-corrected chi connectivity index (χ0v) is 6.54. The lowest BCUT2D eigenvalue weighted by molar-refractivity contribution is 0.712. The molecular weight excluding hydrogens is 138 g/mol. The second-order valence-corrected chi connectivity index (χ2v) is 2.48. The van der Waals surface area contributed by atoms with Crippen molar-refractivity contribution in [2.45, 2.75) is 25.7 Å². The van der Waals surface area contributed by atoms with Crippen molar-refractivity contribution in [3.63, 3.8) is 0 Å². The van der Waals surface area contributed by atoms with Gasteiger partial charge in [-0.2, -0.15) is 5.26 Å². The van der Waals surface area contributed by atoms with Crippen LogP contribution in [0.25, 0.3) is 0 Å². The molecule has 1 atom stereocenters. The molecule has 3 nitrogen and oxygen atoms in total. The van der Waals surface area contributed by atoms with E-state index in [1.54, 1.807) is 12.5 Å². The van der Waals surface area contributed by atoms with Crippen molar-refractivity contribution in [3.8, 4) is 6.07 Å². The van der Waals surface area contributed by atoms with Crippen LogP contribution in [0.15, 0.2) is 12.5 Å². The van der Waals surface area contributed by atoms with Gasteiger partial charge in [0, 0.05) is 6.20 Å². The summed E-state index contributed by atoms with van der Waals surface area (Å²) in [7, 11) is 0. The lowest BCUT2D eigenvalue weighted by atomic mass is 10.0. The Kier molecular flexibility index (Phi) is 2.67. The lowest BCUT2D eigenvalue weighted by Crippen LogP contribution is -1.94. The fourth-order valence-electron chi connectivity index (χ4n) is 1.04. The Hall–Kier alpha value is -1.30. The minimum absolute atomic E-state index is 0.0116. The Morgan fingerprint density at radius 2 is 2.64 bits per heavy atom. The highest BCUT2D eigenvalue weighted by Crippen LogP contribution is 2.16. The van der Waals surface area contributed by atoms with Crippen LogP contribution in [0.4, 0.5) is 0 Å². The topological polar surface area (TPSA) is 52.5 Å². The van der Waals surface area contributed by atoms with Crippen LogP contribution < -0.4 is 0 Å². The second-order valence-electron chi connectivity index (χ2n) is 2.48. The highest BCUT2D eigenvalue weighted by Gasteiger charge is 2.09. The van der Waals surface area contributed by atoms with Crippen LogP contribution in [-0.4, -0.2) is 9.97 Å². The molecule has 1 heterocycles. The van der Waals surface area contributed by atoms with E-state index in [9.17, 15) is 0 Å². The monoisotopic (exact) mass is 149 g/mol. The van der Waals surface area contributed by atoms with Crippen LogP contribution in [0.3, 0.4) is 0 Å². The van der Waals surface area contributed by atoms with Crippen molar-refractivity contribution in [2.75, 3.05) is 0 Å². The zero-order chi connectivity index (χ0) is 8.10. The lowest BCUT2D eigenvalue weighted by Gasteiger charge is -2.02. The van der Waals surface area contributed by atoms with Crippen molar-refractivity contribution in [3.05, 3.63) is 18.2 Å². The largest absolute Gasteiger partial charge is 0.347 e. The number of aromatic amines is 1. The van der Waals surface area contributed by atoms with Gasteiger partial charge in [-0.05, 0) is 6.42 Å². The third-order valence-electron chi connectivity index (χ3n) is 1.63. The van der Waals surface area contributed by atoms with Crippen molar-refractivity contribution in [1.82, 2.24) is 9.97 Å². The van der Waals surface area contributed by atoms with E-state index in [4.69, 9.17) is 5.26 Å². The van der Waals surface area contributed by atoms with Gasteiger partial charge < -0.3 is 4.98 Å². The number of nitrogens with one attached hydrogen (secondary N) is 1. The Labute approximate surface area is 66.1 Å². The SMILES string of the molecule is CCCC(C#N)c1cnc[nH]1. The van der Waals surface area contributed by atoms with Gasteiger partial charge in [0.05, 0.1) is 24.0 Å². The maximum Gasteiger partial charge on any atom is 0.0922 e. The van der Waals surface area contributed by atoms with E-state index in [-0.39, 0.29) is 5.92 Å². The minimum atomic E-state index is -0.0116. The molecule has 0 aromatic carbocycles. The van der Waals surface area contributed by atoms with Gasteiger partial charge in [-0.3, -0.25) is 0 Å². The minimum Gasteiger partial charge on any atom is -0.347 e. The molecule has 0 spiro atoms. The van der Waals surface area contributed by atoms with E-state index in [1.165, 1.54) is 0 Å². The average Bonchev–Trinajstić information content (AvgIpc) is 2.52. The third-order valence-corrected chi connectivity index (χ3v) is 1.63. The van der Waals surface area contributed by atoms with Crippen molar-refractivity contribution >= 4 is 0 Å². The fourth-order valence-corrected chi connectivity index (χ4v) is 1.04. The maximum absolute atomic E-state index is 8.73. The van der Waals surface area contributed by atoms with Gasteiger partial charge in [0.1, 0.15) is 0 Å². The van der Waals surface area contributed by atoms with E-state index >= 15 is 0 Å². The molecule has 0 aliphatic carbocycles. The molecule has 58 valence electrons. The standard InChI is InChI=1S/C8H11N3/c1-2-3-7(4-9)8-5-10-6-11-8/h5-7H,2-3H2,1H3,(H,10,11). The van der Waals surface area contributed by atoms with Gasteiger partial charge in [0.2, 0.25) is 0 Å². The van der Waals surface area contributed by atoms with Gasteiger partial charge in [-0.25, -0.2) is 4.98 Å². The number of H-pyrrole nitrogens is 1. The smallest absolute Gasteiger partial charge is 0.0922 e. The van der Waals surface area contributed by atoms with E-state index < -0.39 is 0 Å². The highest BCUT2D eigenvalue weighted by atomic mass is 14.9. The molecule has 0 aliphatic rings. The molecule has 0 amide bonds. The Bertz CT molecular complexity index is 232. The van der Waals surface area contributed by atoms with Gasteiger partial charge in [-0.15, -0.1) is 0 Å². The average molecular weight is 149 g/mol. The molecule has 1 N–H and O–H groups in total. The number of imidazole rings is 1. The van der Waals surface area contributed by atoms with Crippen LogP contribution in [-0.2, 0) is 0 Å². The fraction of sp³-hybridized carbons (Fsp3) is 0.500. The molecule has 0 fully saturated rings. The van der Waals surface area contributed by atoms with E-state index in [2.05, 4.69) is 23.0 Å². The molecule has 0 saturated carbocycles. The van der Waals surface area contributed by atoms with Crippen molar-refractivity contribution < 1.29 is 0 Å². The third kappa shape index (κ3) is 1.81. The van der Waals surface area contributed by atoms with Crippen LogP contribution in [0, 0.1) is 11.3 Å². The molecule has 1 aromatic heterocycles. The molecule has 1 unspecified atom stereocenters. The summed E-state index contributed by atoms with van der Waals surface area (Å²) >= 11 is 0. The van der Waals surface area contributed by atoms with Crippen molar-refractivity contribution in [2.24, 2.45) is 0 Å². The summed E-state index contributed by atoms with van der Waals surface area (Å²) in [5.41, 5.74) is 0.925. The van der Waals surface area contributed by atoms with Crippen LogP contribution in [0.1, 0.15) is 31.4 Å². The molecule has 11 heavy (non-hydrogen) atoms. The van der Waals surface area contributed by atoms with E-state index in [0.29, 0.717) is 0 Å². The molecule has 3 heteroatoms. The molecule has 1 aromatic rings. The van der Waals surface area contributed by atoms with Crippen molar-refractivity contribution in [1.29, 1.82) is 5.26 Å². The Balaban J connectivity index is 2.65. The maximum atomic E-state index is 8.73. The summed E-state index contributed by atoms with van der Waals surface area (Å²) in [6, 6.07) is 2.23. The zero-order valence-electron chi connectivity index (χ0n) is 6.54. The van der Waals surface area contributed by atoms with E-state index in [0.717, 1.165) is 18.5 Å². The van der Waals surface area contributed by atoms with E-state index in [1.807, 2.05) is 0 Å². The first-order valence-corrected chi connectivity index (χ1v) is 3.76. The molecule has 0 saturated heterocycles. The Morgan fingerprint density at radius 3 is 3.09 bits per heavy atom. The molecule has 0 bridgehead atoms. The Morgan fingerprint density at radius 1 is 1.82 bits per heavy atom. The predicted octanol–water partition coefficient (Wildman–Crippen LogP) is 1.82. The van der Waals surface area contributed by atoms with Crippen LogP contribution in [0.5, 0.6) is 0 Å². The number of aromatic nitrogens is 2. The second kappa shape index (κ2) is 3.77. The molecule has 0 aliphatic heterocycles. The summed E-state index contributed by atoms with van der Waals surface area (Å²) in [6.07, 6.45) is 5.24. The molecule has 1 rings (SSSR count). The summed E-state index contributed by atoms with van der Waals surface area (Å²) < 4.78 is 0. The quantitative estimate of drug-likeness (QED) is 0.712. The number of nitriles is 1. The summed E-state index contributed by atoms with van der Waals surface area (Å²) in [5.74, 6) is -0.0116. The molecular formula is C8H11N3. The molecule has 0 radical (unpaired) electrons. The predicted molar refractivity (Wildman–Crippen MR) is 41.8 cm³/mol. The van der Waals surface area contributed by atoms with Crippen LogP contribution in [0.2, 0.25) is 0 Å². The van der Waals surface area contributed by atoms with Gasteiger partial charge in [-0.1, -0.05) is 13.3 Å². The van der Waals surface area contributed by atoms with Gasteiger partial charge >= 0.3 is 0 Å². The summed E-state index contributed by atoms with van der Waals surface area (Å²) in [6.45, 7) is 2.07. The number of hydrogen-bond acceptors (Lipinski definition) is 2. The summed E-state index contributed by atoms with van der Waals surface area (Å²) in [4.78, 5) is 6.81. The normalized spacial score (nSPS) is 12.4. The first kappa shape index (κ1) is 7.80. The van der Waals surface area contributed by atoms with Gasteiger partial charge in [0.15, 0.2) is 0 Å². The number of rotatable bonds is 3. The first-order valence-electron chi connectivity index (χ1n) is 3.76. The number of nitrogens with zero attached hydrogens (tertiary/aromatic N) is 2.